The molecule has 19 heavy (non-hydrogen) atoms. The highest BCUT2D eigenvalue weighted by molar-refractivity contribution is 5.78. The molecule has 0 bridgehead atoms. The van der Waals surface area contributed by atoms with Crippen molar-refractivity contribution in [1.29, 1.82) is 0 Å². The lowest BCUT2D eigenvalue weighted by molar-refractivity contribution is -0.136. The van der Waals surface area contributed by atoms with Gasteiger partial charge in [-0.2, -0.15) is 0 Å². The SMILES string of the molecule is CC(C)CC1CNC(C(C)C)CN1C(=O)CN(C)C. The van der Waals surface area contributed by atoms with Crippen molar-refractivity contribution >= 4 is 5.91 Å². The molecule has 0 radical (unpaired) electrons. The Kier molecular flexibility index (Phi) is 6.27. The minimum atomic E-state index is 0.266. The van der Waals surface area contributed by atoms with E-state index in [4.69, 9.17) is 0 Å². The van der Waals surface area contributed by atoms with Crippen LogP contribution in [0.2, 0.25) is 0 Å². The van der Waals surface area contributed by atoms with Crippen LogP contribution in [0.4, 0.5) is 0 Å². The number of hydrogen-bond acceptors (Lipinski definition) is 3. The van der Waals surface area contributed by atoms with Gasteiger partial charge in [-0.05, 0) is 32.4 Å². The molecule has 0 aliphatic carbocycles. The standard InChI is InChI=1S/C15H31N3O/c1-11(2)7-13-8-16-14(12(3)4)9-18(13)15(19)10-17(5)6/h11-14,16H,7-10H2,1-6H3. The molecule has 0 aromatic rings. The summed E-state index contributed by atoms with van der Waals surface area (Å²) in [5, 5.41) is 3.60. The van der Waals surface area contributed by atoms with Crippen LogP contribution in [0.3, 0.4) is 0 Å². The van der Waals surface area contributed by atoms with Crippen LogP contribution in [0.25, 0.3) is 0 Å². The van der Waals surface area contributed by atoms with Gasteiger partial charge in [0.2, 0.25) is 5.91 Å². The smallest absolute Gasteiger partial charge is 0.237 e. The average Bonchev–Trinajstić information content (AvgIpc) is 2.27. The Hall–Kier alpha value is -0.610. The fourth-order valence-electron chi connectivity index (χ4n) is 2.69. The van der Waals surface area contributed by atoms with Crippen molar-refractivity contribution in [2.24, 2.45) is 11.8 Å². The van der Waals surface area contributed by atoms with Crippen LogP contribution in [0.1, 0.15) is 34.1 Å². The molecule has 1 heterocycles. The molecule has 4 heteroatoms. The first-order valence-corrected chi connectivity index (χ1v) is 7.48. The second kappa shape index (κ2) is 7.25. The number of nitrogens with one attached hydrogen (secondary N) is 1. The highest BCUT2D eigenvalue weighted by Gasteiger charge is 2.32. The average molecular weight is 269 g/mol. The maximum absolute atomic E-state index is 12.4. The lowest BCUT2D eigenvalue weighted by Crippen LogP contribution is -2.61. The van der Waals surface area contributed by atoms with E-state index in [1.807, 2.05) is 19.0 Å². The third kappa shape index (κ3) is 5.11. The molecular weight excluding hydrogens is 238 g/mol. The number of carbonyl (C=O) groups excluding carboxylic acids is 1. The molecule has 1 fully saturated rings. The Labute approximate surface area is 118 Å². The van der Waals surface area contributed by atoms with E-state index in [2.05, 4.69) is 37.9 Å². The second-order valence-electron chi connectivity index (χ2n) is 6.83. The van der Waals surface area contributed by atoms with Gasteiger partial charge < -0.3 is 15.1 Å². The molecule has 112 valence electrons. The summed E-state index contributed by atoms with van der Waals surface area (Å²) in [6, 6.07) is 0.775. The summed E-state index contributed by atoms with van der Waals surface area (Å²) in [7, 11) is 3.91. The Morgan fingerprint density at radius 3 is 2.42 bits per heavy atom. The second-order valence-corrected chi connectivity index (χ2v) is 6.83. The van der Waals surface area contributed by atoms with E-state index in [1.165, 1.54) is 0 Å². The molecule has 0 saturated carbocycles. The highest BCUT2D eigenvalue weighted by atomic mass is 16.2. The zero-order valence-electron chi connectivity index (χ0n) is 13.4. The maximum atomic E-state index is 12.4. The fraction of sp³-hybridized carbons (Fsp3) is 0.933. The van der Waals surface area contributed by atoms with Crippen LogP contribution < -0.4 is 5.32 Å². The quantitative estimate of drug-likeness (QED) is 0.820. The predicted octanol–water partition coefficient (Wildman–Crippen LogP) is 1.42. The molecule has 0 aromatic heterocycles. The summed E-state index contributed by atoms with van der Waals surface area (Å²) >= 11 is 0. The van der Waals surface area contributed by atoms with Gasteiger partial charge in [-0.1, -0.05) is 27.7 Å². The van der Waals surface area contributed by atoms with Crippen LogP contribution in [0.5, 0.6) is 0 Å². The van der Waals surface area contributed by atoms with Gasteiger partial charge in [0.1, 0.15) is 0 Å². The van der Waals surface area contributed by atoms with Crippen molar-refractivity contribution < 1.29 is 4.79 Å². The van der Waals surface area contributed by atoms with Gasteiger partial charge in [-0.15, -0.1) is 0 Å². The largest absolute Gasteiger partial charge is 0.336 e. The number of nitrogens with zero attached hydrogens (tertiary/aromatic N) is 2. The van der Waals surface area contributed by atoms with Crippen molar-refractivity contribution in [2.75, 3.05) is 33.7 Å². The van der Waals surface area contributed by atoms with E-state index in [0.717, 1.165) is 19.5 Å². The molecule has 0 spiro atoms. The normalized spacial score (nSPS) is 24.6. The monoisotopic (exact) mass is 269 g/mol. The van der Waals surface area contributed by atoms with Crippen molar-refractivity contribution in [3.63, 3.8) is 0 Å². The number of amides is 1. The van der Waals surface area contributed by atoms with E-state index < -0.39 is 0 Å². The van der Waals surface area contributed by atoms with E-state index in [0.29, 0.717) is 30.5 Å². The number of hydrogen-bond donors (Lipinski definition) is 1. The van der Waals surface area contributed by atoms with Crippen LogP contribution in [-0.2, 0) is 4.79 Å². The first-order chi connectivity index (χ1) is 8.81. The van der Waals surface area contributed by atoms with Crippen LogP contribution in [-0.4, -0.2) is 61.5 Å². The molecule has 0 aromatic carbocycles. The van der Waals surface area contributed by atoms with Gasteiger partial charge in [0.25, 0.3) is 0 Å². The Morgan fingerprint density at radius 1 is 1.32 bits per heavy atom. The van der Waals surface area contributed by atoms with E-state index in [-0.39, 0.29) is 5.91 Å². The third-order valence-corrected chi connectivity index (χ3v) is 3.77. The topological polar surface area (TPSA) is 35.6 Å². The first kappa shape index (κ1) is 16.4. The molecule has 1 rings (SSSR count). The van der Waals surface area contributed by atoms with Crippen LogP contribution in [0, 0.1) is 11.8 Å². The fourth-order valence-corrected chi connectivity index (χ4v) is 2.69. The van der Waals surface area contributed by atoms with E-state index in [1.54, 1.807) is 0 Å². The lowest BCUT2D eigenvalue weighted by atomic mass is 9.95. The Bertz CT molecular complexity index is 289. The van der Waals surface area contributed by atoms with Crippen molar-refractivity contribution in [2.45, 2.75) is 46.2 Å². The summed E-state index contributed by atoms with van der Waals surface area (Å²) in [5.74, 6) is 1.45. The predicted molar refractivity (Wildman–Crippen MR) is 80.1 cm³/mol. The summed E-state index contributed by atoms with van der Waals surface area (Å²) < 4.78 is 0. The van der Waals surface area contributed by atoms with Crippen LogP contribution in [0.15, 0.2) is 0 Å². The maximum Gasteiger partial charge on any atom is 0.237 e. The summed E-state index contributed by atoms with van der Waals surface area (Å²) in [6.07, 6.45) is 1.08. The molecule has 1 aliphatic rings. The molecule has 1 aliphatic heterocycles. The molecule has 4 nitrogen and oxygen atoms in total. The van der Waals surface area contributed by atoms with E-state index >= 15 is 0 Å². The molecule has 2 atom stereocenters. The number of rotatable bonds is 5. The Balaban J connectivity index is 2.72. The van der Waals surface area contributed by atoms with Crippen molar-refractivity contribution in [1.82, 2.24) is 15.1 Å². The van der Waals surface area contributed by atoms with Crippen LogP contribution >= 0.6 is 0 Å². The van der Waals surface area contributed by atoms with Gasteiger partial charge >= 0.3 is 0 Å². The molecule has 1 amide bonds. The number of carbonyl (C=O) groups is 1. The van der Waals surface area contributed by atoms with Gasteiger partial charge in [0.05, 0.1) is 6.54 Å². The molecule has 1 saturated heterocycles. The minimum absolute atomic E-state index is 0.266. The summed E-state index contributed by atoms with van der Waals surface area (Å²) in [5.41, 5.74) is 0. The summed E-state index contributed by atoms with van der Waals surface area (Å²) in [4.78, 5) is 16.5. The van der Waals surface area contributed by atoms with Crippen molar-refractivity contribution in [3.05, 3.63) is 0 Å². The molecular formula is C15H31N3O. The molecule has 2 unspecified atom stereocenters. The first-order valence-electron chi connectivity index (χ1n) is 7.48. The van der Waals surface area contributed by atoms with Gasteiger partial charge in [0, 0.05) is 25.2 Å². The minimum Gasteiger partial charge on any atom is -0.336 e. The van der Waals surface area contributed by atoms with Gasteiger partial charge in [0.15, 0.2) is 0 Å². The Morgan fingerprint density at radius 2 is 1.95 bits per heavy atom. The van der Waals surface area contributed by atoms with Gasteiger partial charge in [-0.3, -0.25) is 4.79 Å². The lowest BCUT2D eigenvalue weighted by Gasteiger charge is -2.43. The highest BCUT2D eigenvalue weighted by Crippen LogP contribution is 2.18. The van der Waals surface area contributed by atoms with Crippen molar-refractivity contribution in [3.8, 4) is 0 Å². The zero-order valence-corrected chi connectivity index (χ0v) is 13.4. The number of likely N-dealkylation sites (N-methyl/N-ethyl adjacent to an activating group) is 1. The van der Waals surface area contributed by atoms with E-state index in [9.17, 15) is 4.79 Å². The zero-order chi connectivity index (χ0) is 14.6. The molecule has 1 N–H and O–H groups in total. The summed E-state index contributed by atoms with van der Waals surface area (Å²) in [6.45, 7) is 11.2. The van der Waals surface area contributed by atoms with Gasteiger partial charge in [-0.25, -0.2) is 0 Å². The number of piperazine rings is 1. The third-order valence-electron chi connectivity index (χ3n) is 3.77.